The normalized spacial score (nSPS) is 21.6. The third kappa shape index (κ3) is 4.00. The molecule has 0 saturated carbocycles. The van der Waals surface area contributed by atoms with E-state index in [-0.39, 0.29) is 12.1 Å². The molecule has 136 valence electrons. The van der Waals surface area contributed by atoms with E-state index in [1.54, 1.807) is 0 Å². The van der Waals surface area contributed by atoms with Crippen molar-refractivity contribution in [2.75, 3.05) is 6.54 Å². The number of nitrogens with zero attached hydrogens (tertiary/aromatic N) is 1. The highest BCUT2D eigenvalue weighted by molar-refractivity contribution is 7.19. The summed E-state index contributed by atoms with van der Waals surface area (Å²) in [4.78, 5) is 15.8. The summed E-state index contributed by atoms with van der Waals surface area (Å²) in [6.45, 7) is 10.9. The van der Waals surface area contributed by atoms with Crippen LogP contribution in [-0.4, -0.2) is 29.2 Å². The quantitative estimate of drug-likeness (QED) is 0.661. The van der Waals surface area contributed by atoms with E-state index in [2.05, 4.69) is 38.1 Å². The van der Waals surface area contributed by atoms with Gasteiger partial charge >= 0.3 is 6.09 Å². The van der Waals surface area contributed by atoms with Crippen molar-refractivity contribution in [2.24, 2.45) is 0 Å². The van der Waals surface area contributed by atoms with Crippen LogP contribution in [0.5, 0.6) is 0 Å². The lowest BCUT2D eigenvalue weighted by Crippen LogP contribution is -2.46. The highest BCUT2D eigenvalue weighted by Crippen LogP contribution is 2.39. The van der Waals surface area contributed by atoms with Crippen molar-refractivity contribution in [3.63, 3.8) is 0 Å². The SMILES string of the molecule is CCc1cccc2sc(C3CCN(C(=O)OC(C)(C)C)C(C)C3)cc12. The lowest BCUT2D eigenvalue weighted by molar-refractivity contribution is 0.0105. The van der Waals surface area contributed by atoms with Crippen molar-refractivity contribution >= 4 is 27.5 Å². The molecule has 2 unspecified atom stereocenters. The molecule has 2 heterocycles. The number of hydrogen-bond acceptors (Lipinski definition) is 3. The maximum Gasteiger partial charge on any atom is 0.410 e. The fraction of sp³-hybridized carbons (Fsp3) is 0.571. The van der Waals surface area contributed by atoms with Crippen LogP contribution in [0.1, 0.15) is 63.8 Å². The standard InChI is InChI=1S/C21H29NO2S/c1-6-15-8-7-9-18-17(15)13-19(25-18)16-10-11-22(14(2)12-16)20(23)24-21(3,4)5/h7-9,13-14,16H,6,10-12H2,1-5H3. The minimum absolute atomic E-state index is 0.178. The Morgan fingerprint density at radius 3 is 2.76 bits per heavy atom. The summed E-state index contributed by atoms with van der Waals surface area (Å²) < 4.78 is 6.94. The predicted molar refractivity (Wildman–Crippen MR) is 106 cm³/mol. The molecule has 3 nitrogen and oxygen atoms in total. The second-order valence-corrected chi connectivity index (χ2v) is 9.19. The first kappa shape index (κ1) is 18.2. The van der Waals surface area contributed by atoms with E-state index in [9.17, 15) is 4.79 Å². The molecule has 1 aliphatic heterocycles. The van der Waals surface area contributed by atoms with E-state index in [0.29, 0.717) is 5.92 Å². The number of thiophene rings is 1. The summed E-state index contributed by atoms with van der Waals surface area (Å²) >= 11 is 1.92. The molecule has 3 rings (SSSR count). The van der Waals surface area contributed by atoms with Crippen LogP contribution in [0, 0.1) is 0 Å². The number of rotatable bonds is 2. The molecule has 1 amide bonds. The Morgan fingerprint density at radius 1 is 1.36 bits per heavy atom. The molecule has 1 aromatic heterocycles. The minimum Gasteiger partial charge on any atom is -0.444 e. The number of aryl methyl sites for hydroxylation is 1. The number of carbonyl (C=O) groups excluding carboxylic acids is 1. The van der Waals surface area contributed by atoms with Crippen molar-refractivity contribution in [3.05, 3.63) is 34.7 Å². The summed E-state index contributed by atoms with van der Waals surface area (Å²) in [5.74, 6) is 0.538. The average molecular weight is 360 g/mol. The molecule has 2 atom stereocenters. The van der Waals surface area contributed by atoms with Gasteiger partial charge in [0.15, 0.2) is 0 Å². The van der Waals surface area contributed by atoms with Crippen LogP contribution in [0.2, 0.25) is 0 Å². The van der Waals surface area contributed by atoms with Crippen LogP contribution in [0.3, 0.4) is 0 Å². The number of likely N-dealkylation sites (tertiary alicyclic amines) is 1. The van der Waals surface area contributed by atoms with Crippen molar-refractivity contribution < 1.29 is 9.53 Å². The fourth-order valence-electron chi connectivity index (χ4n) is 3.67. The van der Waals surface area contributed by atoms with Gasteiger partial charge in [-0.15, -0.1) is 11.3 Å². The molecule has 0 radical (unpaired) electrons. The van der Waals surface area contributed by atoms with Gasteiger partial charge in [-0.3, -0.25) is 0 Å². The van der Waals surface area contributed by atoms with E-state index in [0.717, 1.165) is 25.8 Å². The first-order valence-corrected chi connectivity index (χ1v) is 10.1. The number of benzene rings is 1. The average Bonchev–Trinajstić information content (AvgIpc) is 2.97. The van der Waals surface area contributed by atoms with Gasteiger partial charge in [-0.2, -0.15) is 0 Å². The number of piperidine rings is 1. The third-order valence-corrected chi connectivity index (χ3v) is 6.22. The molecule has 1 aliphatic rings. The van der Waals surface area contributed by atoms with Gasteiger partial charge in [0, 0.05) is 22.2 Å². The van der Waals surface area contributed by atoms with Gasteiger partial charge in [-0.1, -0.05) is 19.1 Å². The fourth-order valence-corrected chi connectivity index (χ4v) is 4.93. The minimum atomic E-state index is -0.435. The molecule has 1 saturated heterocycles. The van der Waals surface area contributed by atoms with Gasteiger partial charge in [-0.25, -0.2) is 4.79 Å². The monoisotopic (exact) mass is 359 g/mol. The van der Waals surface area contributed by atoms with Crippen LogP contribution in [0.15, 0.2) is 24.3 Å². The maximum atomic E-state index is 12.4. The number of amides is 1. The van der Waals surface area contributed by atoms with Gasteiger partial charge < -0.3 is 9.64 Å². The summed E-state index contributed by atoms with van der Waals surface area (Å²) in [5, 5.41) is 1.41. The molecule has 1 fully saturated rings. The molecule has 4 heteroatoms. The second-order valence-electron chi connectivity index (χ2n) is 8.08. The van der Waals surface area contributed by atoms with Crippen LogP contribution in [0.4, 0.5) is 4.79 Å². The molecule has 0 bridgehead atoms. The van der Waals surface area contributed by atoms with Gasteiger partial charge in [0.25, 0.3) is 0 Å². The summed E-state index contributed by atoms with van der Waals surface area (Å²) in [5.41, 5.74) is 0.995. The lowest BCUT2D eigenvalue weighted by Gasteiger charge is -2.38. The van der Waals surface area contributed by atoms with Gasteiger partial charge in [-0.05, 0) is 76.0 Å². The van der Waals surface area contributed by atoms with Crippen molar-refractivity contribution in [1.29, 1.82) is 0 Å². The zero-order valence-corrected chi connectivity index (χ0v) is 16.8. The molecule has 0 spiro atoms. The molecule has 2 aromatic rings. The molecule has 0 N–H and O–H groups in total. The Hall–Kier alpha value is -1.55. The van der Waals surface area contributed by atoms with Crippen LogP contribution in [0.25, 0.3) is 10.1 Å². The van der Waals surface area contributed by atoms with E-state index >= 15 is 0 Å². The number of hydrogen-bond donors (Lipinski definition) is 0. The molecule has 0 aliphatic carbocycles. The summed E-state index contributed by atoms with van der Waals surface area (Å²) in [6, 6.07) is 9.22. The Labute approximate surface area is 155 Å². The van der Waals surface area contributed by atoms with Crippen molar-refractivity contribution in [2.45, 2.75) is 71.4 Å². The molecule has 25 heavy (non-hydrogen) atoms. The number of fused-ring (bicyclic) bond motifs is 1. The predicted octanol–water partition coefficient (Wildman–Crippen LogP) is 5.97. The Kier molecular flexibility index (Phi) is 5.10. The first-order chi connectivity index (χ1) is 11.8. The summed E-state index contributed by atoms with van der Waals surface area (Å²) in [7, 11) is 0. The van der Waals surface area contributed by atoms with E-state index in [1.165, 1.54) is 20.5 Å². The topological polar surface area (TPSA) is 29.5 Å². The Balaban J connectivity index is 1.74. The molecular formula is C21H29NO2S. The third-order valence-electron chi connectivity index (χ3n) is 4.96. The van der Waals surface area contributed by atoms with Crippen LogP contribution in [-0.2, 0) is 11.2 Å². The maximum absolute atomic E-state index is 12.4. The van der Waals surface area contributed by atoms with Gasteiger partial charge in [0.2, 0.25) is 0 Å². The van der Waals surface area contributed by atoms with E-state index in [4.69, 9.17) is 4.74 Å². The zero-order chi connectivity index (χ0) is 18.2. The summed E-state index contributed by atoms with van der Waals surface area (Å²) in [6.07, 6.45) is 2.91. The molecule has 1 aromatic carbocycles. The van der Waals surface area contributed by atoms with Gasteiger partial charge in [0.1, 0.15) is 5.60 Å². The lowest BCUT2D eigenvalue weighted by atomic mass is 9.90. The number of ether oxygens (including phenoxy) is 1. The highest BCUT2D eigenvalue weighted by atomic mass is 32.1. The second kappa shape index (κ2) is 6.99. The van der Waals surface area contributed by atoms with Crippen LogP contribution >= 0.6 is 11.3 Å². The largest absolute Gasteiger partial charge is 0.444 e. The Morgan fingerprint density at radius 2 is 2.12 bits per heavy atom. The van der Waals surface area contributed by atoms with E-state index in [1.807, 2.05) is 37.0 Å². The van der Waals surface area contributed by atoms with Crippen molar-refractivity contribution in [1.82, 2.24) is 4.90 Å². The first-order valence-electron chi connectivity index (χ1n) is 9.29. The zero-order valence-electron chi connectivity index (χ0n) is 16.0. The van der Waals surface area contributed by atoms with Gasteiger partial charge in [0.05, 0.1) is 0 Å². The smallest absolute Gasteiger partial charge is 0.410 e. The number of carbonyl (C=O) groups is 1. The Bertz CT molecular complexity index is 759. The van der Waals surface area contributed by atoms with Crippen LogP contribution < -0.4 is 0 Å². The molecular weight excluding hydrogens is 330 g/mol. The highest BCUT2D eigenvalue weighted by Gasteiger charge is 2.32. The van der Waals surface area contributed by atoms with Crippen molar-refractivity contribution in [3.8, 4) is 0 Å². The van der Waals surface area contributed by atoms with E-state index < -0.39 is 5.60 Å².